The molecule has 0 amide bonds. The molecule has 154 valence electrons. The van der Waals surface area contributed by atoms with Gasteiger partial charge in [0.1, 0.15) is 17.2 Å². The number of rotatable bonds is 10. The Bertz CT molecular complexity index is 647. The van der Waals surface area contributed by atoms with Crippen LogP contribution in [0.25, 0.3) is 0 Å². The van der Waals surface area contributed by atoms with Crippen molar-refractivity contribution in [2.45, 2.75) is 64.5 Å². The van der Waals surface area contributed by atoms with Gasteiger partial charge in [0, 0.05) is 13.1 Å². The summed E-state index contributed by atoms with van der Waals surface area (Å²) in [4.78, 5) is 2.53. The molecule has 2 aromatic rings. The van der Waals surface area contributed by atoms with Crippen molar-refractivity contribution < 1.29 is 9.47 Å². The molecule has 1 atom stereocenters. The normalized spacial score (nSPS) is 17.0. The summed E-state index contributed by atoms with van der Waals surface area (Å²) in [6, 6.07) is 17.9. The van der Waals surface area contributed by atoms with Crippen molar-refractivity contribution in [1.82, 2.24) is 4.90 Å². The van der Waals surface area contributed by atoms with Crippen molar-refractivity contribution in [3.05, 3.63) is 54.6 Å². The SMILES string of the molecule is CCCCCCCN1CCCCC1Oc1ccc(Oc2ccccc2)cc1.Cl. The molecule has 28 heavy (non-hydrogen) atoms. The van der Waals surface area contributed by atoms with Gasteiger partial charge in [-0.2, -0.15) is 0 Å². The van der Waals surface area contributed by atoms with Crippen molar-refractivity contribution in [2.24, 2.45) is 0 Å². The molecular formula is C24H34ClNO2. The minimum Gasteiger partial charge on any atom is -0.475 e. The Morgan fingerprint density at radius 2 is 1.50 bits per heavy atom. The summed E-state index contributed by atoms with van der Waals surface area (Å²) in [6.07, 6.45) is 10.5. The first-order valence-electron chi connectivity index (χ1n) is 10.6. The molecule has 0 bridgehead atoms. The van der Waals surface area contributed by atoms with E-state index in [1.54, 1.807) is 0 Å². The molecule has 0 aliphatic carbocycles. The number of nitrogens with zero attached hydrogens (tertiary/aromatic N) is 1. The van der Waals surface area contributed by atoms with Crippen LogP contribution < -0.4 is 9.47 Å². The molecule has 0 N–H and O–H groups in total. The Hall–Kier alpha value is -1.71. The van der Waals surface area contributed by atoms with Crippen LogP contribution in [0.4, 0.5) is 0 Å². The minimum absolute atomic E-state index is 0. The van der Waals surface area contributed by atoms with Crippen molar-refractivity contribution in [1.29, 1.82) is 0 Å². The average molecular weight is 404 g/mol. The minimum atomic E-state index is 0. The topological polar surface area (TPSA) is 21.7 Å². The number of unbranched alkanes of at least 4 members (excludes halogenated alkanes) is 4. The van der Waals surface area contributed by atoms with Crippen molar-refractivity contribution in [2.75, 3.05) is 13.1 Å². The highest BCUT2D eigenvalue weighted by molar-refractivity contribution is 5.85. The number of halogens is 1. The molecule has 0 radical (unpaired) electrons. The summed E-state index contributed by atoms with van der Waals surface area (Å²) < 4.78 is 12.2. The highest BCUT2D eigenvalue weighted by Crippen LogP contribution is 2.26. The van der Waals surface area contributed by atoms with E-state index in [4.69, 9.17) is 9.47 Å². The van der Waals surface area contributed by atoms with Crippen LogP contribution in [0, 0.1) is 0 Å². The molecule has 2 aromatic carbocycles. The summed E-state index contributed by atoms with van der Waals surface area (Å²) in [5.74, 6) is 2.62. The summed E-state index contributed by atoms with van der Waals surface area (Å²) >= 11 is 0. The van der Waals surface area contributed by atoms with E-state index in [0.717, 1.165) is 36.8 Å². The lowest BCUT2D eigenvalue weighted by molar-refractivity contribution is -0.00476. The zero-order valence-electron chi connectivity index (χ0n) is 17.0. The van der Waals surface area contributed by atoms with Gasteiger partial charge in [-0.1, -0.05) is 50.8 Å². The Morgan fingerprint density at radius 1 is 0.821 bits per heavy atom. The average Bonchev–Trinajstić information content (AvgIpc) is 2.71. The van der Waals surface area contributed by atoms with Crippen LogP contribution in [0.1, 0.15) is 58.3 Å². The Balaban J connectivity index is 0.00000280. The van der Waals surface area contributed by atoms with Crippen LogP contribution in [0.2, 0.25) is 0 Å². The summed E-state index contributed by atoms with van der Waals surface area (Å²) in [7, 11) is 0. The third-order valence-corrected chi connectivity index (χ3v) is 5.18. The molecular weight excluding hydrogens is 370 g/mol. The zero-order valence-corrected chi connectivity index (χ0v) is 17.8. The van der Waals surface area contributed by atoms with Gasteiger partial charge in [-0.25, -0.2) is 0 Å². The van der Waals surface area contributed by atoms with Crippen molar-refractivity contribution in [3.8, 4) is 17.2 Å². The van der Waals surface area contributed by atoms with Crippen LogP contribution in [0.5, 0.6) is 17.2 Å². The third kappa shape index (κ3) is 7.37. The largest absolute Gasteiger partial charge is 0.475 e. The number of likely N-dealkylation sites (tertiary alicyclic amines) is 1. The molecule has 1 aliphatic heterocycles. The first-order valence-corrected chi connectivity index (χ1v) is 10.6. The van der Waals surface area contributed by atoms with E-state index in [-0.39, 0.29) is 18.6 Å². The van der Waals surface area contributed by atoms with Gasteiger partial charge in [-0.3, -0.25) is 4.90 Å². The molecule has 0 aromatic heterocycles. The first-order chi connectivity index (χ1) is 13.3. The predicted molar refractivity (Wildman–Crippen MR) is 119 cm³/mol. The molecule has 3 rings (SSSR count). The molecule has 0 spiro atoms. The number of ether oxygens (including phenoxy) is 2. The lowest BCUT2D eigenvalue weighted by Gasteiger charge is -2.35. The van der Waals surface area contributed by atoms with Gasteiger partial charge in [0.25, 0.3) is 0 Å². The van der Waals surface area contributed by atoms with Crippen LogP contribution in [-0.2, 0) is 0 Å². The highest BCUT2D eigenvalue weighted by Gasteiger charge is 2.23. The first kappa shape index (κ1) is 22.6. The van der Waals surface area contributed by atoms with Crippen LogP contribution in [0.15, 0.2) is 54.6 Å². The quantitative estimate of drug-likeness (QED) is 0.396. The van der Waals surface area contributed by atoms with Crippen LogP contribution in [-0.4, -0.2) is 24.2 Å². The van der Waals surface area contributed by atoms with Gasteiger partial charge >= 0.3 is 0 Å². The summed E-state index contributed by atoms with van der Waals surface area (Å²) in [5, 5.41) is 0. The molecule has 3 nitrogen and oxygen atoms in total. The maximum Gasteiger partial charge on any atom is 0.152 e. The van der Waals surface area contributed by atoms with E-state index < -0.39 is 0 Å². The fourth-order valence-electron chi connectivity index (χ4n) is 3.64. The van der Waals surface area contributed by atoms with Crippen molar-refractivity contribution >= 4 is 12.4 Å². The van der Waals surface area contributed by atoms with Gasteiger partial charge in [-0.05, 0) is 62.1 Å². The Morgan fingerprint density at radius 3 is 2.25 bits per heavy atom. The lowest BCUT2D eigenvalue weighted by atomic mass is 10.1. The smallest absolute Gasteiger partial charge is 0.152 e. The van der Waals surface area contributed by atoms with Crippen LogP contribution >= 0.6 is 12.4 Å². The second-order valence-corrected chi connectivity index (χ2v) is 7.40. The van der Waals surface area contributed by atoms with Gasteiger partial charge in [-0.15, -0.1) is 12.4 Å². The van der Waals surface area contributed by atoms with E-state index in [1.165, 1.54) is 44.9 Å². The standard InChI is InChI=1S/C24H33NO2.ClH/c1-2-3-4-5-10-19-25-20-11-9-14-24(25)27-23-17-15-22(16-18-23)26-21-12-7-6-8-13-21;/h6-8,12-13,15-18,24H,2-5,9-11,14,19-20H2,1H3;1H. The fraction of sp³-hybridized carbons (Fsp3) is 0.500. The van der Waals surface area contributed by atoms with Crippen LogP contribution in [0.3, 0.4) is 0 Å². The number of benzene rings is 2. The molecule has 4 heteroatoms. The van der Waals surface area contributed by atoms with Crippen molar-refractivity contribution in [3.63, 3.8) is 0 Å². The second kappa shape index (κ2) is 12.7. The third-order valence-electron chi connectivity index (χ3n) is 5.18. The monoisotopic (exact) mass is 403 g/mol. The second-order valence-electron chi connectivity index (χ2n) is 7.40. The molecule has 0 saturated carbocycles. The van der Waals surface area contributed by atoms with E-state index >= 15 is 0 Å². The van der Waals surface area contributed by atoms with E-state index in [0.29, 0.717) is 0 Å². The predicted octanol–water partition coefficient (Wildman–Crippen LogP) is 7.06. The van der Waals surface area contributed by atoms with E-state index in [9.17, 15) is 0 Å². The zero-order chi connectivity index (χ0) is 18.7. The van der Waals surface area contributed by atoms with E-state index in [1.807, 2.05) is 54.6 Å². The maximum absolute atomic E-state index is 6.32. The van der Waals surface area contributed by atoms with Gasteiger partial charge < -0.3 is 9.47 Å². The molecule has 1 aliphatic rings. The number of piperidine rings is 1. The maximum atomic E-state index is 6.32. The molecule has 1 heterocycles. The van der Waals surface area contributed by atoms with Gasteiger partial charge in [0.15, 0.2) is 6.23 Å². The van der Waals surface area contributed by atoms with Gasteiger partial charge in [0.2, 0.25) is 0 Å². The summed E-state index contributed by atoms with van der Waals surface area (Å²) in [6.45, 7) is 4.59. The fourth-order valence-corrected chi connectivity index (χ4v) is 3.64. The summed E-state index contributed by atoms with van der Waals surface area (Å²) in [5.41, 5.74) is 0. The Kier molecular flexibility index (Phi) is 10.2. The number of para-hydroxylation sites is 1. The molecule has 1 unspecified atom stereocenters. The number of hydrogen-bond acceptors (Lipinski definition) is 3. The highest BCUT2D eigenvalue weighted by atomic mass is 35.5. The molecule has 1 fully saturated rings. The Labute approximate surface area is 176 Å². The van der Waals surface area contributed by atoms with E-state index in [2.05, 4.69) is 11.8 Å². The number of hydrogen-bond donors (Lipinski definition) is 0. The lowest BCUT2D eigenvalue weighted by Crippen LogP contribution is -2.43. The van der Waals surface area contributed by atoms with Gasteiger partial charge in [0.05, 0.1) is 0 Å². The molecule has 1 saturated heterocycles.